The van der Waals surface area contributed by atoms with Crippen molar-refractivity contribution in [1.82, 2.24) is 19.9 Å². The number of hydrogen-bond acceptors (Lipinski definition) is 9. The van der Waals surface area contributed by atoms with Gasteiger partial charge in [0, 0.05) is 44.9 Å². The lowest BCUT2D eigenvalue weighted by Crippen LogP contribution is -2.55. The molecule has 0 spiro atoms. The van der Waals surface area contributed by atoms with E-state index in [4.69, 9.17) is 9.26 Å². The van der Waals surface area contributed by atoms with E-state index in [9.17, 15) is 5.11 Å². The summed E-state index contributed by atoms with van der Waals surface area (Å²) in [7, 11) is 0. The monoisotopic (exact) mass is 470 g/mol. The molecular formula is C23H26N4O3S2. The second kappa shape index (κ2) is 9.29. The zero-order valence-electron chi connectivity index (χ0n) is 18.1. The Labute approximate surface area is 194 Å². The number of aryl methyl sites for hydroxylation is 1. The highest BCUT2D eigenvalue weighted by atomic mass is 32.1. The number of nitrogens with zero attached hydrogens (tertiary/aromatic N) is 4. The molecule has 1 N–H and O–H groups in total. The molecule has 0 aliphatic carbocycles. The molecule has 4 heterocycles. The second-order valence-electron chi connectivity index (χ2n) is 8.08. The molecule has 5 rings (SSSR count). The molecule has 1 aliphatic rings. The summed E-state index contributed by atoms with van der Waals surface area (Å²) in [5.74, 6) is 1.56. The Balaban J connectivity index is 1.19. The molecule has 1 unspecified atom stereocenters. The van der Waals surface area contributed by atoms with E-state index in [2.05, 4.69) is 19.9 Å². The fourth-order valence-electron chi connectivity index (χ4n) is 4.04. The Hall–Kier alpha value is -2.30. The van der Waals surface area contributed by atoms with E-state index in [-0.39, 0.29) is 0 Å². The van der Waals surface area contributed by atoms with Crippen LogP contribution >= 0.6 is 22.7 Å². The number of piperazine rings is 1. The van der Waals surface area contributed by atoms with Crippen molar-refractivity contribution in [2.45, 2.75) is 32.7 Å². The molecule has 1 aromatic carbocycles. The van der Waals surface area contributed by atoms with Crippen LogP contribution in [0.2, 0.25) is 0 Å². The highest BCUT2D eigenvalue weighted by molar-refractivity contribution is 7.18. The summed E-state index contributed by atoms with van der Waals surface area (Å²) in [4.78, 5) is 10.2. The zero-order chi connectivity index (χ0) is 22.1. The average Bonchev–Trinajstić information content (AvgIpc) is 3.52. The molecular weight excluding hydrogens is 444 g/mol. The fourth-order valence-corrected chi connectivity index (χ4v) is 5.52. The van der Waals surface area contributed by atoms with Crippen LogP contribution in [0.25, 0.3) is 20.9 Å². The van der Waals surface area contributed by atoms with Gasteiger partial charge < -0.3 is 14.4 Å². The molecule has 4 aromatic rings. The Morgan fingerprint density at radius 1 is 1.19 bits per heavy atom. The maximum Gasteiger partial charge on any atom is 0.178 e. The summed E-state index contributed by atoms with van der Waals surface area (Å²) < 4.78 is 12.9. The fraction of sp³-hybridized carbons (Fsp3) is 0.391. The van der Waals surface area contributed by atoms with Crippen LogP contribution in [0.4, 0.5) is 0 Å². The van der Waals surface area contributed by atoms with Gasteiger partial charge in [-0.25, -0.2) is 4.98 Å². The molecule has 1 fully saturated rings. The van der Waals surface area contributed by atoms with E-state index in [1.807, 2.05) is 48.7 Å². The Bertz CT molecular complexity index is 1160. The van der Waals surface area contributed by atoms with Crippen LogP contribution in [0.1, 0.15) is 17.6 Å². The minimum atomic E-state index is -0.613. The predicted molar refractivity (Wildman–Crippen MR) is 127 cm³/mol. The quantitative estimate of drug-likeness (QED) is 0.433. The number of thiophene rings is 1. The number of rotatable bonds is 7. The van der Waals surface area contributed by atoms with Crippen molar-refractivity contribution >= 4 is 32.9 Å². The lowest BCUT2D eigenvalue weighted by Gasteiger charge is -2.39. The predicted octanol–water partition coefficient (Wildman–Crippen LogP) is 4.22. The average molecular weight is 471 g/mol. The van der Waals surface area contributed by atoms with Crippen LogP contribution in [0.15, 0.2) is 46.3 Å². The maximum atomic E-state index is 10.4. The molecule has 7 nitrogen and oxygen atoms in total. The number of benzene rings is 1. The van der Waals surface area contributed by atoms with Crippen LogP contribution in [-0.2, 0) is 6.54 Å². The zero-order valence-corrected chi connectivity index (χ0v) is 19.7. The van der Waals surface area contributed by atoms with Gasteiger partial charge in [0.25, 0.3) is 0 Å². The number of thiazole rings is 1. The lowest BCUT2D eigenvalue weighted by atomic mass is 10.2. The number of aromatic nitrogens is 2. The molecule has 1 saturated heterocycles. The number of hydrogen-bond donors (Lipinski definition) is 1. The largest absolute Gasteiger partial charge is 0.472 e. The highest BCUT2D eigenvalue weighted by Gasteiger charge is 2.29. The van der Waals surface area contributed by atoms with Gasteiger partial charge in [-0.15, -0.1) is 22.7 Å². The van der Waals surface area contributed by atoms with Gasteiger partial charge in [0.2, 0.25) is 0 Å². The maximum absolute atomic E-state index is 10.4. The van der Waals surface area contributed by atoms with Gasteiger partial charge >= 0.3 is 0 Å². The Morgan fingerprint density at radius 2 is 2.03 bits per heavy atom. The van der Waals surface area contributed by atoms with Gasteiger partial charge in [0.15, 0.2) is 12.0 Å². The van der Waals surface area contributed by atoms with Gasteiger partial charge in [0.1, 0.15) is 11.9 Å². The number of aliphatic hydroxyl groups is 1. The molecule has 1 aliphatic heterocycles. The van der Waals surface area contributed by atoms with Crippen molar-refractivity contribution in [3.8, 4) is 16.4 Å². The third-order valence-electron chi connectivity index (χ3n) is 5.61. The summed E-state index contributed by atoms with van der Waals surface area (Å²) in [6.07, 6.45) is -1.01. The number of aliphatic hydroxyl groups excluding tert-OH is 1. The molecule has 9 heteroatoms. The van der Waals surface area contributed by atoms with E-state index in [0.717, 1.165) is 70.0 Å². The van der Waals surface area contributed by atoms with Crippen molar-refractivity contribution in [1.29, 1.82) is 0 Å². The molecule has 0 bridgehead atoms. The second-order valence-corrected chi connectivity index (χ2v) is 10.3. The van der Waals surface area contributed by atoms with Gasteiger partial charge in [-0.05, 0) is 37.4 Å². The first-order valence-electron chi connectivity index (χ1n) is 10.7. The van der Waals surface area contributed by atoms with Crippen molar-refractivity contribution < 1.29 is 14.4 Å². The van der Waals surface area contributed by atoms with Crippen molar-refractivity contribution in [2.24, 2.45) is 0 Å². The molecule has 32 heavy (non-hydrogen) atoms. The smallest absolute Gasteiger partial charge is 0.178 e. The van der Waals surface area contributed by atoms with Crippen LogP contribution in [-0.4, -0.2) is 63.6 Å². The number of fused-ring (bicyclic) bond motifs is 1. The van der Waals surface area contributed by atoms with Gasteiger partial charge in [-0.1, -0.05) is 11.2 Å². The molecule has 0 saturated carbocycles. The third kappa shape index (κ3) is 4.72. The standard InChI is InChI=1S/C23H26N4O3S2/c1-15(28)23(29-18-5-6-21-19(13-18)24-16(2)32-21)27-9-7-26(8-10-27)14-17-12-20(30-25-17)22-4-3-11-31-22/h3-6,11-13,15,23,28H,7-10,14H2,1-2H3/t15-,23?/m1/s1. The van der Waals surface area contributed by atoms with Gasteiger partial charge in [-0.2, -0.15) is 0 Å². The topological polar surface area (TPSA) is 74.9 Å². The van der Waals surface area contributed by atoms with Gasteiger partial charge in [-0.3, -0.25) is 9.80 Å². The summed E-state index contributed by atoms with van der Waals surface area (Å²) in [5, 5.41) is 17.7. The highest BCUT2D eigenvalue weighted by Crippen LogP contribution is 2.28. The van der Waals surface area contributed by atoms with Crippen LogP contribution < -0.4 is 4.74 Å². The minimum absolute atomic E-state index is 0.396. The van der Waals surface area contributed by atoms with Crippen LogP contribution in [0, 0.1) is 6.92 Å². The number of ether oxygens (including phenoxy) is 1. The van der Waals surface area contributed by atoms with E-state index < -0.39 is 12.3 Å². The first-order valence-corrected chi connectivity index (χ1v) is 12.4. The summed E-state index contributed by atoms with van der Waals surface area (Å²) in [5.41, 5.74) is 1.88. The van der Waals surface area contributed by atoms with E-state index in [0.29, 0.717) is 0 Å². The van der Waals surface area contributed by atoms with E-state index >= 15 is 0 Å². The molecule has 2 atom stereocenters. The van der Waals surface area contributed by atoms with Crippen molar-refractivity contribution in [3.63, 3.8) is 0 Å². The first-order chi connectivity index (χ1) is 15.5. The van der Waals surface area contributed by atoms with E-state index in [1.54, 1.807) is 29.6 Å². The lowest BCUT2D eigenvalue weighted by molar-refractivity contribution is -0.0752. The Kier molecular flexibility index (Phi) is 6.25. The molecule has 0 radical (unpaired) electrons. The summed E-state index contributed by atoms with van der Waals surface area (Å²) in [6.45, 7) is 7.90. The molecule has 168 valence electrons. The SMILES string of the molecule is Cc1nc2cc(OC([C@@H](C)O)N3CCN(Cc4cc(-c5cccs5)on4)CC3)ccc2s1. The van der Waals surface area contributed by atoms with Crippen LogP contribution in [0.5, 0.6) is 5.75 Å². The third-order valence-corrected chi connectivity index (χ3v) is 7.45. The van der Waals surface area contributed by atoms with E-state index in [1.165, 1.54) is 0 Å². The summed E-state index contributed by atoms with van der Waals surface area (Å²) in [6, 6.07) is 12.0. The Morgan fingerprint density at radius 3 is 2.78 bits per heavy atom. The summed E-state index contributed by atoms with van der Waals surface area (Å²) >= 11 is 3.32. The van der Waals surface area contributed by atoms with Gasteiger partial charge in [0.05, 0.1) is 25.8 Å². The minimum Gasteiger partial charge on any atom is -0.472 e. The first kappa shape index (κ1) is 21.5. The van der Waals surface area contributed by atoms with Crippen molar-refractivity contribution in [3.05, 3.63) is 52.5 Å². The molecule has 0 amide bonds. The normalized spacial score (nSPS) is 17.6. The van der Waals surface area contributed by atoms with Crippen molar-refractivity contribution in [2.75, 3.05) is 26.2 Å². The van der Waals surface area contributed by atoms with Crippen LogP contribution in [0.3, 0.4) is 0 Å². The molecule has 3 aromatic heterocycles.